The fourth-order valence-electron chi connectivity index (χ4n) is 1.26. The average molecular weight is 238 g/mol. The van der Waals surface area contributed by atoms with E-state index in [2.05, 4.69) is 12.2 Å². The molecule has 1 rings (SSSR count). The Bertz CT molecular complexity index is 355. The number of rotatable bonds is 5. The van der Waals surface area contributed by atoms with Crippen LogP contribution in [0.3, 0.4) is 0 Å². The van der Waals surface area contributed by atoms with Crippen LogP contribution in [0, 0.1) is 0 Å². The van der Waals surface area contributed by atoms with E-state index in [1.54, 1.807) is 11.8 Å². The highest BCUT2D eigenvalue weighted by molar-refractivity contribution is 7.99. The van der Waals surface area contributed by atoms with Crippen molar-refractivity contribution in [2.24, 2.45) is 5.73 Å². The van der Waals surface area contributed by atoms with Gasteiger partial charge in [0.15, 0.2) is 0 Å². The molecular formula is C12H18N2OS. The van der Waals surface area contributed by atoms with Gasteiger partial charge in [-0.3, -0.25) is 4.79 Å². The summed E-state index contributed by atoms with van der Waals surface area (Å²) in [7, 11) is 0. The topological polar surface area (TPSA) is 55.1 Å². The molecule has 0 aliphatic carbocycles. The van der Waals surface area contributed by atoms with Crippen molar-refractivity contribution in [2.75, 3.05) is 11.1 Å². The zero-order chi connectivity index (χ0) is 12.0. The van der Waals surface area contributed by atoms with Crippen LogP contribution in [-0.4, -0.2) is 17.7 Å². The lowest BCUT2D eigenvalue weighted by atomic mass is 10.2. The first-order valence-electron chi connectivity index (χ1n) is 5.47. The maximum atomic E-state index is 11.7. The Kier molecular flexibility index (Phi) is 5.35. The number of hydrogen-bond donors (Lipinski definition) is 2. The minimum absolute atomic E-state index is 0.119. The van der Waals surface area contributed by atoms with Gasteiger partial charge in [0.2, 0.25) is 5.91 Å². The summed E-state index contributed by atoms with van der Waals surface area (Å²) in [6, 6.07) is 7.35. The molecular weight excluding hydrogens is 220 g/mol. The molecule has 0 saturated carbocycles. The van der Waals surface area contributed by atoms with Gasteiger partial charge < -0.3 is 11.1 Å². The van der Waals surface area contributed by atoms with E-state index in [4.69, 9.17) is 5.73 Å². The lowest BCUT2D eigenvalue weighted by molar-refractivity contribution is -0.117. The van der Waals surface area contributed by atoms with Crippen molar-refractivity contribution in [3.8, 4) is 0 Å². The van der Waals surface area contributed by atoms with Crippen LogP contribution in [-0.2, 0) is 4.79 Å². The van der Waals surface area contributed by atoms with Crippen LogP contribution < -0.4 is 11.1 Å². The molecule has 0 radical (unpaired) electrons. The van der Waals surface area contributed by atoms with E-state index in [-0.39, 0.29) is 5.91 Å². The first kappa shape index (κ1) is 13.1. The zero-order valence-electron chi connectivity index (χ0n) is 9.69. The van der Waals surface area contributed by atoms with Gasteiger partial charge in [0.1, 0.15) is 0 Å². The summed E-state index contributed by atoms with van der Waals surface area (Å²) >= 11 is 1.71. The van der Waals surface area contributed by atoms with Gasteiger partial charge in [-0.15, -0.1) is 11.8 Å². The molecule has 3 nitrogen and oxygen atoms in total. The molecule has 3 N–H and O–H groups in total. The van der Waals surface area contributed by atoms with Crippen LogP contribution in [0.2, 0.25) is 0 Å². The lowest BCUT2D eigenvalue weighted by Gasteiger charge is -2.12. The Morgan fingerprint density at radius 3 is 2.75 bits per heavy atom. The SMILES string of the molecule is CCSc1ccccc1NC(=O)[C@@H](N)CC. The van der Waals surface area contributed by atoms with E-state index in [0.717, 1.165) is 16.3 Å². The Morgan fingerprint density at radius 1 is 1.44 bits per heavy atom. The molecule has 0 aliphatic rings. The van der Waals surface area contributed by atoms with Crippen LogP contribution in [0.15, 0.2) is 29.2 Å². The molecule has 4 heteroatoms. The summed E-state index contributed by atoms with van der Waals surface area (Å²) in [6.07, 6.45) is 0.648. The number of benzene rings is 1. The van der Waals surface area contributed by atoms with E-state index < -0.39 is 6.04 Å². The third-order valence-electron chi connectivity index (χ3n) is 2.22. The fourth-order valence-corrected chi connectivity index (χ4v) is 2.02. The van der Waals surface area contributed by atoms with Crippen molar-refractivity contribution in [3.63, 3.8) is 0 Å². The first-order valence-corrected chi connectivity index (χ1v) is 6.45. The molecule has 88 valence electrons. The van der Waals surface area contributed by atoms with Crippen LogP contribution in [0.4, 0.5) is 5.69 Å². The van der Waals surface area contributed by atoms with Gasteiger partial charge in [-0.05, 0) is 24.3 Å². The molecule has 0 aromatic heterocycles. The molecule has 0 unspecified atom stereocenters. The van der Waals surface area contributed by atoms with Gasteiger partial charge in [-0.25, -0.2) is 0 Å². The maximum Gasteiger partial charge on any atom is 0.241 e. The Hall–Kier alpha value is -1.00. The number of thioether (sulfide) groups is 1. The Morgan fingerprint density at radius 2 is 2.12 bits per heavy atom. The lowest BCUT2D eigenvalue weighted by Crippen LogP contribution is -2.34. The number of carbonyl (C=O) groups excluding carboxylic acids is 1. The molecule has 1 aromatic rings. The van der Waals surface area contributed by atoms with Gasteiger partial charge in [0.05, 0.1) is 11.7 Å². The summed E-state index contributed by atoms with van der Waals surface area (Å²) < 4.78 is 0. The summed E-state index contributed by atoms with van der Waals surface area (Å²) in [6.45, 7) is 3.98. The van der Waals surface area contributed by atoms with E-state index in [9.17, 15) is 4.79 Å². The second-order valence-corrected chi connectivity index (χ2v) is 4.74. The second-order valence-electron chi connectivity index (χ2n) is 3.43. The predicted molar refractivity (Wildman–Crippen MR) is 69.7 cm³/mol. The minimum atomic E-state index is -0.431. The Balaban J connectivity index is 2.76. The molecule has 16 heavy (non-hydrogen) atoms. The quantitative estimate of drug-likeness (QED) is 0.775. The van der Waals surface area contributed by atoms with E-state index >= 15 is 0 Å². The smallest absolute Gasteiger partial charge is 0.241 e. The minimum Gasteiger partial charge on any atom is -0.324 e. The first-order chi connectivity index (χ1) is 7.69. The molecule has 0 saturated heterocycles. The monoisotopic (exact) mass is 238 g/mol. The van der Waals surface area contributed by atoms with Crippen LogP contribution in [0.1, 0.15) is 20.3 Å². The van der Waals surface area contributed by atoms with Gasteiger partial charge in [-0.2, -0.15) is 0 Å². The maximum absolute atomic E-state index is 11.7. The third-order valence-corrected chi connectivity index (χ3v) is 3.18. The van der Waals surface area contributed by atoms with Gasteiger partial charge >= 0.3 is 0 Å². The highest BCUT2D eigenvalue weighted by Gasteiger charge is 2.12. The van der Waals surface area contributed by atoms with Crippen LogP contribution >= 0.6 is 11.8 Å². The third kappa shape index (κ3) is 3.54. The number of hydrogen-bond acceptors (Lipinski definition) is 3. The highest BCUT2D eigenvalue weighted by atomic mass is 32.2. The van der Waals surface area contributed by atoms with Gasteiger partial charge in [-0.1, -0.05) is 26.0 Å². The molecule has 1 atom stereocenters. The number of carbonyl (C=O) groups is 1. The number of nitrogens with two attached hydrogens (primary N) is 1. The van der Waals surface area contributed by atoms with Crippen LogP contribution in [0.5, 0.6) is 0 Å². The summed E-state index contributed by atoms with van der Waals surface area (Å²) in [5, 5.41) is 2.86. The van der Waals surface area contributed by atoms with Crippen molar-refractivity contribution < 1.29 is 4.79 Å². The van der Waals surface area contributed by atoms with E-state index in [1.165, 1.54) is 0 Å². The van der Waals surface area contributed by atoms with E-state index in [1.807, 2.05) is 31.2 Å². The molecule has 1 aromatic carbocycles. The predicted octanol–water partition coefficient (Wildman–Crippen LogP) is 2.47. The van der Waals surface area contributed by atoms with Crippen molar-refractivity contribution in [1.29, 1.82) is 0 Å². The van der Waals surface area contributed by atoms with Crippen LogP contribution in [0.25, 0.3) is 0 Å². The van der Waals surface area contributed by atoms with E-state index in [0.29, 0.717) is 6.42 Å². The normalized spacial score (nSPS) is 12.2. The van der Waals surface area contributed by atoms with Crippen molar-refractivity contribution in [1.82, 2.24) is 0 Å². The van der Waals surface area contributed by atoms with Crippen molar-refractivity contribution in [2.45, 2.75) is 31.2 Å². The van der Waals surface area contributed by atoms with Gasteiger partial charge in [0.25, 0.3) is 0 Å². The average Bonchev–Trinajstić information content (AvgIpc) is 2.31. The molecule has 0 aliphatic heterocycles. The molecule has 0 heterocycles. The number of nitrogens with one attached hydrogen (secondary N) is 1. The summed E-state index contributed by atoms with van der Waals surface area (Å²) in [5.41, 5.74) is 6.52. The highest BCUT2D eigenvalue weighted by Crippen LogP contribution is 2.26. The number of amides is 1. The largest absolute Gasteiger partial charge is 0.324 e. The molecule has 0 bridgehead atoms. The standard InChI is InChI=1S/C12H18N2OS/c1-3-9(13)12(15)14-10-7-5-6-8-11(10)16-4-2/h5-9H,3-4,13H2,1-2H3,(H,14,15)/t9-/m0/s1. The van der Waals surface area contributed by atoms with Crippen molar-refractivity contribution >= 4 is 23.4 Å². The van der Waals surface area contributed by atoms with Gasteiger partial charge in [0, 0.05) is 4.90 Å². The summed E-state index contributed by atoms with van der Waals surface area (Å²) in [4.78, 5) is 12.7. The van der Waals surface area contributed by atoms with Crippen molar-refractivity contribution in [3.05, 3.63) is 24.3 Å². The summed E-state index contributed by atoms with van der Waals surface area (Å²) in [5.74, 6) is 0.860. The Labute approximate surface area is 101 Å². The zero-order valence-corrected chi connectivity index (χ0v) is 10.5. The number of para-hydroxylation sites is 1. The molecule has 0 fully saturated rings. The molecule has 0 spiro atoms. The molecule has 1 amide bonds. The fraction of sp³-hybridized carbons (Fsp3) is 0.417. The number of anilines is 1. The second kappa shape index (κ2) is 6.55.